The third kappa shape index (κ3) is 5.74. The van der Waals surface area contributed by atoms with Crippen LogP contribution in [-0.4, -0.2) is 86.7 Å². The molecule has 2 aliphatic rings. The zero-order valence-electron chi connectivity index (χ0n) is 25.6. The molecule has 2 aliphatic heterocycles. The lowest BCUT2D eigenvalue weighted by Crippen LogP contribution is -2.53. The number of amides is 2. The Kier molecular flexibility index (Phi) is 8.02. The minimum Gasteiger partial charge on any atom is -0.388 e. The molecule has 2 atom stereocenters. The highest BCUT2D eigenvalue weighted by Gasteiger charge is 2.41. The first kappa shape index (κ1) is 29.6. The number of rotatable bonds is 6. The quantitative estimate of drug-likeness (QED) is 0.367. The van der Waals surface area contributed by atoms with Crippen molar-refractivity contribution in [3.63, 3.8) is 0 Å². The highest BCUT2D eigenvalue weighted by molar-refractivity contribution is 5.95. The molecule has 0 spiro atoms. The lowest BCUT2D eigenvalue weighted by Gasteiger charge is -2.43. The van der Waals surface area contributed by atoms with Crippen LogP contribution in [-0.2, 0) is 18.4 Å². The second-order valence-corrected chi connectivity index (χ2v) is 12.5. The average molecular weight is 597 g/mol. The van der Waals surface area contributed by atoms with E-state index < -0.39 is 5.60 Å². The monoisotopic (exact) mass is 596 g/mol. The molecule has 2 saturated heterocycles. The third-order valence-electron chi connectivity index (χ3n) is 9.38. The Morgan fingerprint density at radius 1 is 1.00 bits per heavy atom. The summed E-state index contributed by atoms with van der Waals surface area (Å²) in [6.45, 7) is 1.90. The van der Waals surface area contributed by atoms with Crippen LogP contribution in [0.1, 0.15) is 41.1 Å². The molecular formula is C34H40N6O4. The Labute approximate surface area is 257 Å². The van der Waals surface area contributed by atoms with E-state index in [4.69, 9.17) is 0 Å². The third-order valence-corrected chi connectivity index (χ3v) is 9.38. The van der Waals surface area contributed by atoms with Crippen LogP contribution < -0.4 is 10.5 Å². The van der Waals surface area contributed by atoms with Crippen LogP contribution in [0.4, 0.5) is 5.69 Å². The van der Waals surface area contributed by atoms with E-state index in [1.807, 2.05) is 90.4 Å². The molecule has 230 valence electrons. The number of aryl methyl sites for hydroxylation is 1. The molecule has 0 radical (unpaired) electrons. The average Bonchev–Trinajstić information content (AvgIpc) is 3.43. The maximum atomic E-state index is 14.0. The van der Waals surface area contributed by atoms with E-state index in [0.717, 1.165) is 11.3 Å². The van der Waals surface area contributed by atoms with E-state index >= 15 is 0 Å². The van der Waals surface area contributed by atoms with Gasteiger partial charge in [0.05, 0.1) is 17.5 Å². The summed E-state index contributed by atoms with van der Waals surface area (Å²) >= 11 is 0. The lowest BCUT2D eigenvalue weighted by molar-refractivity contribution is -0.142. The summed E-state index contributed by atoms with van der Waals surface area (Å²) in [6.07, 6.45) is 4.60. The molecule has 2 fully saturated rings. The van der Waals surface area contributed by atoms with Crippen molar-refractivity contribution in [1.82, 2.24) is 23.9 Å². The molecule has 2 aromatic carbocycles. The fourth-order valence-electron chi connectivity index (χ4n) is 6.72. The molecule has 2 amide bonds. The van der Waals surface area contributed by atoms with E-state index in [0.29, 0.717) is 62.0 Å². The van der Waals surface area contributed by atoms with E-state index in [1.165, 1.54) is 10.9 Å². The predicted molar refractivity (Wildman–Crippen MR) is 170 cm³/mol. The summed E-state index contributed by atoms with van der Waals surface area (Å²) < 4.78 is 3.28. The van der Waals surface area contributed by atoms with E-state index in [1.54, 1.807) is 16.8 Å². The summed E-state index contributed by atoms with van der Waals surface area (Å²) in [5.74, 6) is -0.372. The molecule has 0 bridgehead atoms. The molecule has 4 aromatic rings. The molecule has 4 heterocycles. The highest BCUT2D eigenvalue weighted by Crippen LogP contribution is 2.36. The van der Waals surface area contributed by atoms with Gasteiger partial charge in [0.2, 0.25) is 5.91 Å². The summed E-state index contributed by atoms with van der Waals surface area (Å²) in [4.78, 5) is 50.8. The van der Waals surface area contributed by atoms with Gasteiger partial charge in [-0.05, 0) is 49.1 Å². The normalized spacial score (nSPS) is 20.1. The van der Waals surface area contributed by atoms with Crippen molar-refractivity contribution in [3.05, 3.63) is 94.7 Å². The van der Waals surface area contributed by atoms with Gasteiger partial charge < -0.3 is 24.4 Å². The predicted octanol–water partition coefficient (Wildman–Crippen LogP) is 3.10. The molecule has 0 aliphatic carbocycles. The van der Waals surface area contributed by atoms with Crippen LogP contribution in [0.15, 0.2) is 78.0 Å². The van der Waals surface area contributed by atoms with Crippen LogP contribution in [0.5, 0.6) is 0 Å². The number of anilines is 1. The summed E-state index contributed by atoms with van der Waals surface area (Å²) in [6, 6.07) is 19.4. The Bertz CT molecular complexity index is 1720. The fourth-order valence-corrected chi connectivity index (χ4v) is 6.72. The SMILES string of the molecule is CN(C)c1cccc(C(=O)N2CCC(C(=O)N3CCC(O)(Cn4cnc5c(ccn5C)c4=O)CC3)C(c3ccccc3)C2)c1. The van der Waals surface area contributed by atoms with Gasteiger partial charge in [0.15, 0.2) is 0 Å². The highest BCUT2D eigenvalue weighted by atomic mass is 16.3. The van der Waals surface area contributed by atoms with Gasteiger partial charge in [0, 0.05) is 76.6 Å². The smallest absolute Gasteiger partial charge is 0.262 e. The number of carbonyl (C=O) groups excluding carboxylic acids is 2. The molecule has 2 unspecified atom stereocenters. The standard InChI is InChI=1S/C34H40N6O4/c1-36(2)26-11-7-10-25(20-26)31(41)39-17-13-27(29(21-39)24-8-5-4-6-9-24)32(42)38-18-14-34(44,15-19-38)22-40-23-35-30-28(33(40)43)12-16-37(30)3/h4-12,16,20,23,27,29,44H,13-15,17-19,21-22H2,1-3H3. The van der Waals surface area contributed by atoms with E-state index in [-0.39, 0.29) is 35.8 Å². The molecule has 6 rings (SSSR count). The molecule has 10 heteroatoms. The van der Waals surface area contributed by atoms with Crippen LogP contribution in [0.25, 0.3) is 11.0 Å². The van der Waals surface area contributed by atoms with Gasteiger partial charge in [-0.1, -0.05) is 36.4 Å². The first-order chi connectivity index (χ1) is 21.1. The number of aromatic nitrogens is 3. The Morgan fingerprint density at radius 3 is 2.48 bits per heavy atom. The molecule has 2 aromatic heterocycles. The van der Waals surface area contributed by atoms with Gasteiger partial charge >= 0.3 is 0 Å². The van der Waals surface area contributed by atoms with Crippen molar-refractivity contribution in [2.45, 2.75) is 37.3 Å². The minimum atomic E-state index is -1.11. The number of hydrogen-bond donors (Lipinski definition) is 1. The molecule has 0 saturated carbocycles. The summed E-state index contributed by atoms with van der Waals surface area (Å²) in [5.41, 5.74) is 1.98. The number of aliphatic hydroxyl groups is 1. The lowest BCUT2D eigenvalue weighted by atomic mass is 9.79. The Balaban J connectivity index is 1.15. The number of hydrogen-bond acceptors (Lipinski definition) is 6. The van der Waals surface area contributed by atoms with Gasteiger partial charge in [-0.2, -0.15) is 0 Å². The Morgan fingerprint density at radius 2 is 1.75 bits per heavy atom. The van der Waals surface area contributed by atoms with E-state index in [2.05, 4.69) is 4.98 Å². The largest absolute Gasteiger partial charge is 0.388 e. The maximum Gasteiger partial charge on any atom is 0.262 e. The summed E-state index contributed by atoms with van der Waals surface area (Å²) in [7, 11) is 5.75. The van der Waals surface area contributed by atoms with Gasteiger partial charge in [0.25, 0.3) is 11.5 Å². The number of carbonyl (C=O) groups is 2. The number of fused-ring (bicyclic) bond motifs is 1. The summed E-state index contributed by atoms with van der Waals surface area (Å²) in [5, 5.41) is 12.0. The van der Waals surface area contributed by atoms with Crippen molar-refractivity contribution in [1.29, 1.82) is 0 Å². The number of nitrogens with zero attached hydrogens (tertiary/aromatic N) is 6. The minimum absolute atomic E-state index is 0.0259. The zero-order valence-corrected chi connectivity index (χ0v) is 25.6. The van der Waals surface area contributed by atoms with E-state index in [9.17, 15) is 19.5 Å². The molecule has 10 nitrogen and oxygen atoms in total. The van der Waals surface area contributed by atoms with Crippen molar-refractivity contribution in [2.75, 3.05) is 45.2 Å². The first-order valence-corrected chi connectivity index (χ1v) is 15.3. The second kappa shape index (κ2) is 11.9. The van der Waals surface area contributed by atoms with Crippen molar-refractivity contribution >= 4 is 28.5 Å². The second-order valence-electron chi connectivity index (χ2n) is 12.5. The van der Waals surface area contributed by atoms with Gasteiger partial charge in [-0.15, -0.1) is 0 Å². The van der Waals surface area contributed by atoms with Gasteiger partial charge in [0.1, 0.15) is 12.0 Å². The fraction of sp³-hybridized carbons (Fsp3) is 0.412. The Hall–Kier alpha value is -4.44. The first-order valence-electron chi connectivity index (χ1n) is 15.3. The topological polar surface area (TPSA) is 104 Å². The van der Waals surface area contributed by atoms with Crippen LogP contribution in [0.3, 0.4) is 0 Å². The van der Waals surface area contributed by atoms with Gasteiger partial charge in [-0.3, -0.25) is 19.0 Å². The van der Waals surface area contributed by atoms with Crippen molar-refractivity contribution < 1.29 is 14.7 Å². The van der Waals surface area contributed by atoms with Crippen molar-refractivity contribution in [2.24, 2.45) is 13.0 Å². The number of benzene rings is 2. The molecular weight excluding hydrogens is 556 g/mol. The molecule has 1 N–H and O–H groups in total. The number of piperidine rings is 2. The molecule has 44 heavy (non-hydrogen) atoms. The van der Waals surface area contributed by atoms with Crippen LogP contribution in [0, 0.1) is 5.92 Å². The number of likely N-dealkylation sites (tertiary alicyclic amines) is 2. The zero-order chi connectivity index (χ0) is 31.0. The van der Waals surface area contributed by atoms with Crippen LogP contribution in [0.2, 0.25) is 0 Å². The van der Waals surface area contributed by atoms with Crippen molar-refractivity contribution in [3.8, 4) is 0 Å². The van der Waals surface area contributed by atoms with Crippen LogP contribution >= 0.6 is 0 Å². The maximum absolute atomic E-state index is 14.0. The van der Waals surface area contributed by atoms with Gasteiger partial charge in [-0.25, -0.2) is 4.98 Å².